The molecule has 1 atom stereocenters. The lowest BCUT2D eigenvalue weighted by atomic mass is 10.2. The van der Waals surface area contributed by atoms with Crippen LogP contribution in [0, 0.1) is 6.92 Å². The average molecular weight is 223 g/mol. The van der Waals surface area contributed by atoms with Crippen molar-refractivity contribution in [2.45, 2.75) is 24.0 Å². The molecule has 2 nitrogen and oxygen atoms in total. The maximum absolute atomic E-state index is 11.6. The highest BCUT2D eigenvalue weighted by atomic mass is 32.2. The Labute approximate surface area is 95.7 Å². The summed E-state index contributed by atoms with van der Waals surface area (Å²) in [6.07, 6.45) is 0. The fourth-order valence-electron chi connectivity index (χ4n) is 1.23. The summed E-state index contributed by atoms with van der Waals surface area (Å²) in [6, 6.07) is 8.24. The van der Waals surface area contributed by atoms with Crippen molar-refractivity contribution < 1.29 is 4.79 Å². The minimum atomic E-state index is -0.0253. The van der Waals surface area contributed by atoms with Gasteiger partial charge in [0.15, 0.2) is 0 Å². The third kappa shape index (κ3) is 3.59. The van der Waals surface area contributed by atoms with Crippen molar-refractivity contribution in [3.63, 3.8) is 0 Å². The number of rotatable bonds is 3. The molecule has 0 spiro atoms. The van der Waals surface area contributed by atoms with Crippen molar-refractivity contribution in [1.82, 2.24) is 4.90 Å². The van der Waals surface area contributed by atoms with Crippen LogP contribution in [0.2, 0.25) is 0 Å². The molecule has 0 fully saturated rings. The molecule has 0 aliphatic carbocycles. The number of hydrogen-bond acceptors (Lipinski definition) is 2. The number of nitrogens with zero attached hydrogens (tertiary/aromatic N) is 1. The SMILES string of the molecule is Cc1ccc(S[C@H](C)C(=O)N(C)C)cc1. The molecule has 0 saturated carbocycles. The Morgan fingerprint density at radius 1 is 1.27 bits per heavy atom. The Balaban J connectivity index is 2.62. The Hall–Kier alpha value is -0.960. The number of carbonyl (C=O) groups is 1. The van der Waals surface area contributed by atoms with Crippen LogP contribution in [0.4, 0.5) is 0 Å². The first-order valence-corrected chi connectivity index (χ1v) is 5.83. The van der Waals surface area contributed by atoms with Crippen LogP contribution in [0.15, 0.2) is 29.2 Å². The number of hydrogen-bond donors (Lipinski definition) is 0. The van der Waals surface area contributed by atoms with Gasteiger partial charge < -0.3 is 4.90 Å². The van der Waals surface area contributed by atoms with E-state index in [1.54, 1.807) is 30.8 Å². The zero-order valence-electron chi connectivity index (χ0n) is 9.65. The molecule has 0 aliphatic heterocycles. The van der Waals surface area contributed by atoms with E-state index in [4.69, 9.17) is 0 Å². The second kappa shape index (κ2) is 5.21. The summed E-state index contributed by atoms with van der Waals surface area (Å²) in [5.74, 6) is 0.153. The molecule has 0 saturated heterocycles. The molecule has 1 aromatic carbocycles. The van der Waals surface area contributed by atoms with E-state index < -0.39 is 0 Å². The van der Waals surface area contributed by atoms with Gasteiger partial charge in [-0.15, -0.1) is 11.8 Å². The van der Waals surface area contributed by atoms with Crippen molar-refractivity contribution in [3.05, 3.63) is 29.8 Å². The van der Waals surface area contributed by atoms with Gasteiger partial charge in [0.2, 0.25) is 5.91 Å². The molecule has 0 aromatic heterocycles. The van der Waals surface area contributed by atoms with E-state index >= 15 is 0 Å². The van der Waals surface area contributed by atoms with Gasteiger partial charge in [0.25, 0.3) is 0 Å². The highest BCUT2D eigenvalue weighted by molar-refractivity contribution is 8.00. The molecule has 0 aliphatic rings. The van der Waals surface area contributed by atoms with E-state index in [2.05, 4.69) is 31.2 Å². The first-order chi connectivity index (χ1) is 7.00. The molecule has 1 amide bonds. The summed E-state index contributed by atoms with van der Waals surface area (Å²) in [6.45, 7) is 4.00. The van der Waals surface area contributed by atoms with E-state index in [1.165, 1.54) is 5.56 Å². The largest absolute Gasteiger partial charge is 0.348 e. The van der Waals surface area contributed by atoms with E-state index in [0.29, 0.717) is 0 Å². The second-order valence-electron chi connectivity index (χ2n) is 3.81. The number of benzene rings is 1. The molecule has 3 heteroatoms. The van der Waals surface area contributed by atoms with Gasteiger partial charge in [0, 0.05) is 19.0 Å². The molecule has 0 unspecified atom stereocenters. The molecule has 1 aromatic rings. The molecule has 1 rings (SSSR count). The topological polar surface area (TPSA) is 20.3 Å². The summed E-state index contributed by atoms with van der Waals surface area (Å²) >= 11 is 1.60. The molecule has 0 heterocycles. The van der Waals surface area contributed by atoms with Crippen LogP contribution in [0.25, 0.3) is 0 Å². The van der Waals surface area contributed by atoms with Crippen LogP contribution in [-0.2, 0) is 4.79 Å². The van der Waals surface area contributed by atoms with Crippen molar-refractivity contribution in [2.24, 2.45) is 0 Å². The lowest BCUT2D eigenvalue weighted by Gasteiger charge is -2.16. The van der Waals surface area contributed by atoms with Crippen LogP contribution >= 0.6 is 11.8 Å². The van der Waals surface area contributed by atoms with Crippen LogP contribution < -0.4 is 0 Å². The summed E-state index contributed by atoms with van der Waals surface area (Å²) in [7, 11) is 3.57. The number of amides is 1. The summed E-state index contributed by atoms with van der Waals surface area (Å²) < 4.78 is 0. The standard InChI is InChI=1S/C12H17NOS/c1-9-5-7-11(8-6-9)15-10(2)12(14)13(3)4/h5-8,10H,1-4H3/t10-/m1/s1. The highest BCUT2D eigenvalue weighted by Crippen LogP contribution is 2.24. The molecule has 0 bridgehead atoms. The molecule has 15 heavy (non-hydrogen) atoms. The highest BCUT2D eigenvalue weighted by Gasteiger charge is 2.15. The van der Waals surface area contributed by atoms with E-state index in [0.717, 1.165) is 4.90 Å². The zero-order valence-corrected chi connectivity index (χ0v) is 10.5. The molecule has 82 valence electrons. The summed E-state index contributed by atoms with van der Waals surface area (Å²) in [5.41, 5.74) is 1.24. The smallest absolute Gasteiger partial charge is 0.235 e. The monoisotopic (exact) mass is 223 g/mol. The van der Waals surface area contributed by atoms with Crippen molar-refractivity contribution >= 4 is 17.7 Å². The number of carbonyl (C=O) groups excluding carboxylic acids is 1. The summed E-state index contributed by atoms with van der Waals surface area (Å²) in [4.78, 5) is 14.4. The Bertz CT molecular complexity index is 332. The average Bonchev–Trinajstić information content (AvgIpc) is 2.20. The van der Waals surface area contributed by atoms with Crippen LogP contribution in [0.5, 0.6) is 0 Å². The van der Waals surface area contributed by atoms with Crippen molar-refractivity contribution in [2.75, 3.05) is 14.1 Å². The van der Waals surface area contributed by atoms with Gasteiger partial charge in [-0.2, -0.15) is 0 Å². The first-order valence-electron chi connectivity index (χ1n) is 4.95. The predicted octanol–water partition coefficient (Wildman–Crippen LogP) is 2.56. The minimum Gasteiger partial charge on any atom is -0.348 e. The molecule has 0 radical (unpaired) electrons. The molecular weight excluding hydrogens is 206 g/mol. The maximum Gasteiger partial charge on any atom is 0.235 e. The maximum atomic E-state index is 11.6. The number of aryl methyl sites for hydroxylation is 1. The normalized spacial score (nSPS) is 12.3. The van der Waals surface area contributed by atoms with Gasteiger partial charge in [-0.05, 0) is 26.0 Å². The minimum absolute atomic E-state index is 0.0253. The van der Waals surface area contributed by atoms with Crippen LogP contribution in [0.1, 0.15) is 12.5 Å². The fourth-order valence-corrected chi connectivity index (χ4v) is 2.25. The summed E-state index contributed by atoms with van der Waals surface area (Å²) in [5, 5.41) is -0.0253. The van der Waals surface area contributed by atoms with E-state index in [-0.39, 0.29) is 11.2 Å². The lowest BCUT2D eigenvalue weighted by molar-refractivity contribution is -0.127. The number of thioether (sulfide) groups is 1. The van der Waals surface area contributed by atoms with Crippen LogP contribution in [0.3, 0.4) is 0 Å². The van der Waals surface area contributed by atoms with Crippen molar-refractivity contribution in [1.29, 1.82) is 0 Å². The third-order valence-corrected chi connectivity index (χ3v) is 3.22. The molecule has 0 N–H and O–H groups in total. The van der Waals surface area contributed by atoms with Gasteiger partial charge >= 0.3 is 0 Å². The van der Waals surface area contributed by atoms with Gasteiger partial charge in [-0.3, -0.25) is 4.79 Å². The predicted molar refractivity (Wildman–Crippen MR) is 65.2 cm³/mol. The van der Waals surface area contributed by atoms with E-state index in [1.807, 2.05) is 6.92 Å². The Morgan fingerprint density at radius 3 is 2.27 bits per heavy atom. The zero-order chi connectivity index (χ0) is 11.4. The van der Waals surface area contributed by atoms with Crippen molar-refractivity contribution in [3.8, 4) is 0 Å². The second-order valence-corrected chi connectivity index (χ2v) is 5.22. The lowest BCUT2D eigenvalue weighted by Crippen LogP contribution is -2.29. The van der Waals surface area contributed by atoms with Gasteiger partial charge in [0.05, 0.1) is 5.25 Å². The Kier molecular flexibility index (Phi) is 4.21. The van der Waals surface area contributed by atoms with Gasteiger partial charge in [-0.1, -0.05) is 17.7 Å². The van der Waals surface area contributed by atoms with Gasteiger partial charge in [0.1, 0.15) is 0 Å². The van der Waals surface area contributed by atoms with E-state index in [9.17, 15) is 4.79 Å². The fraction of sp³-hybridized carbons (Fsp3) is 0.417. The third-order valence-electron chi connectivity index (χ3n) is 2.12. The first kappa shape index (κ1) is 12.1. The quantitative estimate of drug-likeness (QED) is 0.734. The van der Waals surface area contributed by atoms with Crippen LogP contribution in [-0.4, -0.2) is 30.2 Å². The molecular formula is C12H17NOS. The van der Waals surface area contributed by atoms with Gasteiger partial charge in [-0.25, -0.2) is 0 Å². The Morgan fingerprint density at radius 2 is 1.80 bits per heavy atom.